The van der Waals surface area contributed by atoms with Gasteiger partial charge in [-0.15, -0.1) is 0 Å². The number of amides is 2. The zero-order valence-electron chi connectivity index (χ0n) is 18.5. The van der Waals surface area contributed by atoms with E-state index in [4.69, 9.17) is 0 Å². The molecule has 2 amide bonds. The second-order valence-electron chi connectivity index (χ2n) is 8.97. The third-order valence-electron chi connectivity index (χ3n) is 6.74. The minimum absolute atomic E-state index is 0.0648. The van der Waals surface area contributed by atoms with Gasteiger partial charge in [-0.3, -0.25) is 14.3 Å². The van der Waals surface area contributed by atoms with Crippen LogP contribution in [0.2, 0.25) is 0 Å². The molecule has 0 bridgehead atoms. The van der Waals surface area contributed by atoms with Crippen LogP contribution in [0.3, 0.4) is 0 Å². The van der Waals surface area contributed by atoms with Crippen molar-refractivity contribution in [3.8, 4) is 0 Å². The van der Waals surface area contributed by atoms with Crippen molar-refractivity contribution < 1.29 is 9.59 Å². The van der Waals surface area contributed by atoms with Gasteiger partial charge >= 0.3 is 0 Å². The molecule has 1 unspecified atom stereocenters. The number of anilines is 1. The van der Waals surface area contributed by atoms with E-state index in [0.717, 1.165) is 41.0 Å². The van der Waals surface area contributed by atoms with Gasteiger partial charge in [0, 0.05) is 30.0 Å². The van der Waals surface area contributed by atoms with Crippen molar-refractivity contribution in [2.75, 3.05) is 18.4 Å². The Morgan fingerprint density at radius 1 is 1.06 bits per heavy atom. The van der Waals surface area contributed by atoms with Crippen molar-refractivity contribution in [3.05, 3.63) is 82.7 Å². The lowest BCUT2D eigenvalue weighted by Crippen LogP contribution is -2.40. The molecule has 0 saturated carbocycles. The van der Waals surface area contributed by atoms with Gasteiger partial charge in [0.2, 0.25) is 5.91 Å². The smallest absolute Gasteiger partial charge is 0.253 e. The van der Waals surface area contributed by atoms with Gasteiger partial charge < -0.3 is 10.2 Å². The summed E-state index contributed by atoms with van der Waals surface area (Å²) in [6, 6.07) is 17.9. The van der Waals surface area contributed by atoms with Crippen LogP contribution in [-0.4, -0.2) is 39.6 Å². The number of likely N-dealkylation sites (tertiary alicyclic amines) is 1. The summed E-state index contributed by atoms with van der Waals surface area (Å²) in [5.41, 5.74) is 5.91. The van der Waals surface area contributed by atoms with E-state index < -0.39 is 0 Å². The van der Waals surface area contributed by atoms with E-state index in [1.807, 2.05) is 72.0 Å². The molecule has 5 rings (SSSR count). The number of nitrogens with one attached hydrogen (secondary N) is 1. The van der Waals surface area contributed by atoms with Crippen LogP contribution < -0.4 is 5.32 Å². The molecule has 2 aliphatic rings. The van der Waals surface area contributed by atoms with E-state index in [1.165, 1.54) is 0 Å². The molecule has 1 atom stereocenters. The van der Waals surface area contributed by atoms with E-state index in [0.29, 0.717) is 25.2 Å². The summed E-state index contributed by atoms with van der Waals surface area (Å²) in [7, 11) is 0. The molecule has 1 aromatic heterocycles. The SMILES string of the molecule is Cc1cc(C)n(Cc2cccc(C(=O)N3CCC(C4C(=O)Nc5ccccc54)CC3)c2)n1. The van der Waals surface area contributed by atoms with Crippen LogP contribution in [0.25, 0.3) is 0 Å². The normalized spacial score (nSPS) is 18.5. The number of carbonyl (C=O) groups is 2. The number of fused-ring (bicyclic) bond motifs is 1. The molecule has 32 heavy (non-hydrogen) atoms. The van der Waals surface area contributed by atoms with Crippen molar-refractivity contribution in [3.63, 3.8) is 0 Å². The number of nitrogens with zero attached hydrogens (tertiary/aromatic N) is 3. The summed E-state index contributed by atoms with van der Waals surface area (Å²) >= 11 is 0. The fourth-order valence-electron chi connectivity index (χ4n) is 5.13. The molecule has 3 heterocycles. The van der Waals surface area contributed by atoms with Gasteiger partial charge in [-0.05, 0) is 68.0 Å². The Labute approximate surface area is 188 Å². The van der Waals surface area contributed by atoms with Crippen LogP contribution in [0, 0.1) is 19.8 Å². The van der Waals surface area contributed by atoms with Gasteiger partial charge in [0.1, 0.15) is 0 Å². The number of carbonyl (C=O) groups excluding carboxylic acids is 2. The number of aryl methyl sites for hydroxylation is 2. The predicted octanol–water partition coefficient (Wildman–Crippen LogP) is 4.14. The first-order valence-electron chi connectivity index (χ1n) is 11.3. The van der Waals surface area contributed by atoms with Crippen molar-refractivity contribution in [2.24, 2.45) is 5.92 Å². The van der Waals surface area contributed by atoms with Crippen molar-refractivity contribution in [1.29, 1.82) is 0 Å². The summed E-state index contributed by atoms with van der Waals surface area (Å²) in [6.45, 7) is 6.04. The van der Waals surface area contributed by atoms with Gasteiger partial charge in [0.25, 0.3) is 5.91 Å². The number of benzene rings is 2. The summed E-state index contributed by atoms with van der Waals surface area (Å²) in [6.07, 6.45) is 1.67. The number of rotatable bonds is 4. The molecular formula is C26H28N4O2. The topological polar surface area (TPSA) is 67.2 Å². The average molecular weight is 429 g/mol. The standard InChI is InChI=1S/C26H28N4O2/c1-17-14-18(2)30(28-17)16-19-6-5-7-21(15-19)26(32)29-12-10-20(11-13-29)24-22-8-3-4-9-23(22)27-25(24)31/h3-9,14-15,20,24H,10-13,16H2,1-2H3,(H,27,31). The van der Waals surface area contributed by atoms with Crippen LogP contribution in [0.15, 0.2) is 54.6 Å². The molecule has 1 N–H and O–H groups in total. The number of piperidine rings is 1. The van der Waals surface area contributed by atoms with E-state index >= 15 is 0 Å². The van der Waals surface area contributed by atoms with Crippen molar-refractivity contribution in [2.45, 2.75) is 39.2 Å². The number of aromatic nitrogens is 2. The Hall–Kier alpha value is -3.41. The van der Waals surface area contributed by atoms with E-state index in [1.54, 1.807) is 0 Å². The molecule has 0 aliphatic carbocycles. The van der Waals surface area contributed by atoms with Crippen LogP contribution in [-0.2, 0) is 11.3 Å². The Morgan fingerprint density at radius 2 is 1.84 bits per heavy atom. The number of hydrogen-bond acceptors (Lipinski definition) is 3. The third kappa shape index (κ3) is 3.81. The second-order valence-corrected chi connectivity index (χ2v) is 8.97. The Bertz CT molecular complexity index is 1170. The molecule has 0 spiro atoms. The van der Waals surface area contributed by atoms with E-state index in [9.17, 15) is 9.59 Å². The van der Waals surface area contributed by atoms with Gasteiger partial charge in [-0.2, -0.15) is 5.10 Å². The van der Waals surface area contributed by atoms with Crippen LogP contribution in [0.1, 0.15) is 51.6 Å². The van der Waals surface area contributed by atoms with Gasteiger partial charge in [-0.1, -0.05) is 30.3 Å². The highest BCUT2D eigenvalue weighted by molar-refractivity contribution is 6.03. The molecule has 3 aromatic rings. The summed E-state index contributed by atoms with van der Waals surface area (Å²) in [5.74, 6) is 0.315. The van der Waals surface area contributed by atoms with Crippen LogP contribution in [0.4, 0.5) is 5.69 Å². The Kier molecular flexibility index (Phi) is 5.29. The highest BCUT2D eigenvalue weighted by atomic mass is 16.2. The van der Waals surface area contributed by atoms with Crippen LogP contribution in [0.5, 0.6) is 0 Å². The highest BCUT2D eigenvalue weighted by Gasteiger charge is 2.38. The van der Waals surface area contributed by atoms with E-state index in [2.05, 4.69) is 16.5 Å². The molecule has 6 heteroatoms. The van der Waals surface area contributed by atoms with E-state index in [-0.39, 0.29) is 23.7 Å². The summed E-state index contributed by atoms with van der Waals surface area (Å²) in [5, 5.41) is 7.54. The fraction of sp³-hybridized carbons (Fsp3) is 0.346. The molecule has 1 saturated heterocycles. The Morgan fingerprint density at radius 3 is 2.59 bits per heavy atom. The molecular weight excluding hydrogens is 400 g/mol. The second kappa shape index (κ2) is 8.26. The zero-order chi connectivity index (χ0) is 22.2. The molecule has 1 fully saturated rings. The minimum Gasteiger partial charge on any atom is -0.339 e. The van der Waals surface area contributed by atoms with Gasteiger partial charge in [-0.25, -0.2) is 0 Å². The third-order valence-corrected chi connectivity index (χ3v) is 6.74. The first-order valence-corrected chi connectivity index (χ1v) is 11.3. The first kappa shape index (κ1) is 20.5. The lowest BCUT2D eigenvalue weighted by molar-refractivity contribution is -0.118. The maximum Gasteiger partial charge on any atom is 0.253 e. The van der Waals surface area contributed by atoms with Gasteiger partial charge in [0.15, 0.2) is 0 Å². The largest absolute Gasteiger partial charge is 0.339 e. The quantitative estimate of drug-likeness (QED) is 0.679. The van der Waals surface area contributed by atoms with Crippen LogP contribution >= 0.6 is 0 Å². The summed E-state index contributed by atoms with van der Waals surface area (Å²) < 4.78 is 1.97. The fourth-order valence-corrected chi connectivity index (χ4v) is 5.13. The van der Waals surface area contributed by atoms with Crippen molar-refractivity contribution >= 4 is 17.5 Å². The lowest BCUT2D eigenvalue weighted by atomic mass is 9.80. The lowest BCUT2D eigenvalue weighted by Gasteiger charge is -2.34. The zero-order valence-corrected chi connectivity index (χ0v) is 18.5. The minimum atomic E-state index is -0.104. The molecule has 0 radical (unpaired) electrons. The average Bonchev–Trinajstić information content (AvgIpc) is 3.30. The highest BCUT2D eigenvalue weighted by Crippen LogP contribution is 2.41. The maximum atomic E-state index is 13.2. The summed E-state index contributed by atoms with van der Waals surface area (Å²) in [4.78, 5) is 27.7. The maximum absolute atomic E-state index is 13.2. The first-order chi connectivity index (χ1) is 15.5. The number of para-hydroxylation sites is 1. The Balaban J connectivity index is 1.25. The van der Waals surface area contributed by atoms with Gasteiger partial charge in [0.05, 0.1) is 18.2 Å². The molecule has 2 aromatic carbocycles. The van der Waals surface area contributed by atoms with Crippen molar-refractivity contribution in [1.82, 2.24) is 14.7 Å². The number of hydrogen-bond donors (Lipinski definition) is 1. The molecule has 164 valence electrons. The monoisotopic (exact) mass is 428 g/mol. The predicted molar refractivity (Wildman–Crippen MR) is 124 cm³/mol. The molecule has 6 nitrogen and oxygen atoms in total. The molecule has 2 aliphatic heterocycles.